The highest BCUT2D eigenvalue weighted by Crippen LogP contribution is 2.17. The Morgan fingerprint density at radius 3 is 2.68 bits per heavy atom. The molecule has 0 bridgehead atoms. The second-order valence-corrected chi connectivity index (χ2v) is 3.89. The third-order valence-electron chi connectivity index (χ3n) is 2.22. The van der Waals surface area contributed by atoms with Gasteiger partial charge in [0.05, 0.1) is 6.20 Å². The average Bonchev–Trinajstić information content (AvgIpc) is 2.82. The van der Waals surface area contributed by atoms with E-state index in [4.69, 9.17) is 0 Å². The molecule has 9 heteroatoms. The first kappa shape index (κ1) is 15.4. The fourth-order valence-electron chi connectivity index (χ4n) is 1.47. The molecule has 0 aliphatic heterocycles. The van der Waals surface area contributed by atoms with Crippen LogP contribution in [0, 0.1) is 0 Å². The van der Waals surface area contributed by atoms with Gasteiger partial charge >= 0.3 is 6.18 Å². The quantitative estimate of drug-likeness (QED) is 0.941. The molecule has 106 valence electrons. The summed E-state index contributed by atoms with van der Waals surface area (Å²) in [6.07, 6.45) is 0.290. The van der Waals surface area contributed by atoms with Crippen LogP contribution in [0.25, 0.3) is 0 Å². The van der Waals surface area contributed by atoms with Crippen molar-refractivity contribution in [2.75, 3.05) is 5.32 Å². The normalized spacial score (nSPS) is 11.2. The van der Waals surface area contributed by atoms with Gasteiger partial charge in [0.15, 0.2) is 0 Å². The largest absolute Gasteiger partial charge is 0.408 e. The number of aromatic nitrogens is 4. The summed E-state index contributed by atoms with van der Waals surface area (Å²) in [6.45, 7) is -0.689. The van der Waals surface area contributed by atoms with E-state index in [1.807, 2.05) is 0 Å². The molecule has 1 N–H and O–H groups in total. The van der Waals surface area contributed by atoms with Crippen LogP contribution >= 0.6 is 12.4 Å². The van der Waals surface area contributed by atoms with E-state index < -0.39 is 12.7 Å². The maximum absolute atomic E-state index is 12.1. The number of aryl methyl sites for hydroxylation is 1. The van der Waals surface area contributed by atoms with Crippen molar-refractivity contribution in [3.63, 3.8) is 0 Å². The molecule has 0 radical (unpaired) electrons. The number of alkyl halides is 3. The number of hydrogen-bond donors (Lipinski definition) is 1. The Hall–Kier alpha value is -1.70. The Morgan fingerprint density at radius 2 is 2.11 bits per heavy atom. The zero-order chi connectivity index (χ0) is 13.2. The monoisotopic (exact) mass is 295 g/mol. The van der Waals surface area contributed by atoms with Crippen molar-refractivity contribution in [1.82, 2.24) is 19.6 Å². The SMILES string of the molecule is Cl.Cn1ccc(NCc2cnn(CC(F)(F)F)c2)n1. The molecule has 19 heavy (non-hydrogen) atoms. The van der Waals surface area contributed by atoms with Gasteiger partial charge in [0.25, 0.3) is 0 Å². The van der Waals surface area contributed by atoms with Gasteiger partial charge in [-0.25, -0.2) is 0 Å². The van der Waals surface area contributed by atoms with E-state index in [9.17, 15) is 13.2 Å². The van der Waals surface area contributed by atoms with Crippen LogP contribution in [0.4, 0.5) is 19.0 Å². The van der Waals surface area contributed by atoms with E-state index in [0.29, 0.717) is 17.9 Å². The van der Waals surface area contributed by atoms with Gasteiger partial charge in [-0.2, -0.15) is 23.4 Å². The molecule has 0 aromatic carbocycles. The molecule has 0 unspecified atom stereocenters. The summed E-state index contributed by atoms with van der Waals surface area (Å²) in [5.74, 6) is 0.668. The van der Waals surface area contributed by atoms with Crippen molar-refractivity contribution in [1.29, 1.82) is 0 Å². The molecule has 0 saturated heterocycles. The van der Waals surface area contributed by atoms with Crippen LogP contribution < -0.4 is 5.32 Å². The summed E-state index contributed by atoms with van der Waals surface area (Å²) >= 11 is 0. The van der Waals surface area contributed by atoms with Crippen LogP contribution in [-0.2, 0) is 20.1 Å². The van der Waals surface area contributed by atoms with Gasteiger partial charge in [0, 0.05) is 37.6 Å². The van der Waals surface area contributed by atoms with Gasteiger partial charge in [-0.05, 0) is 0 Å². The first-order chi connectivity index (χ1) is 8.42. The fourth-order valence-corrected chi connectivity index (χ4v) is 1.47. The van der Waals surface area contributed by atoms with Crippen molar-refractivity contribution in [2.24, 2.45) is 7.05 Å². The summed E-state index contributed by atoms with van der Waals surface area (Å²) < 4.78 is 38.8. The summed E-state index contributed by atoms with van der Waals surface area (Å²) in [7, 11) is 1.78. The molecular formula is C10H13ClF3N5. The van der Waals surface area contributed by atoms with Crippen LogP contribution in [0.2, 0.25) is 0 Å². The minimum Gasteiger partial charge on any atom is -0.364 e. The fraction of sp³-hybridized carbons (Fsp3) is 0.400. The van der Waals surface area contributed by atoms with E-state index in [1.165, 1.54) is 12.4 Å². The molecule has 2 aromatic rings. The molecular weight excluding hydrogens is 283 g/mol. The topological polar surface area (TPSA) is 47.7 Å². The van der Waals surface area contributed by atoms with Crippen LogP contribution in [0.5, 0.6) is 0 Å². The van der Waals surface area contributed by atoms with Crippen LogP contribution in [0.15, 0.2) is 24.7 Å². The minimum atomic E-state index is -4.25. The zero-order valence-corrected chi connectivity index (χ0v) is 10.9. The number of nitrogens with one attached hydrogen (secondary N) is 1. The first-order valence-electron chi connectivity index (χ1n) is 5.24. The Bertz CT molecular complexity index is 519. The second-order valence-electron chi connectivity index (χ2n) is 3.89. The number of nitrogens with zero attached hydrogens (tertiary/aromatic N) is 4. The zero-order valence-electron chi connectivity index (χ0n) is 10.1. The van der Waals surface area contributed by atoms with Crippen molar-refractivity contribution in [3.8, 4) is 0 Å². The van der Waals surface area contributed by atoms with Crippen molar-refractivity contribution in [3.05, 3.63) is 30.2 Å². The molecule has 5 nitrogen and oxygen atoms in total. The highest BCUT2D eigenvalue weighted by atomic mass is 35.5. The highest BCUT2D eigenvalue weighted by Gasteiger charge is 2.28. The van der Waals surface area contributed by atoms with E-state index in [0.717, 1.165) is 4.68 Å². The Labute approximate surface area is 113 Å². The lowest BCUT2D eigenvalue weighted by Crippen LogP contribution is -2.17. The molecule has 0 saturated carbocycles. The lowest BCUT2D eigenvalue weighted by molar-refractivity contribution is -0.142. The Morgan fingerprint density at radius 1 is 1.37 bits per heavy atom. The van der Waals surface area contributed by atoms with Gasteiger partial charge in [-0.15, -0.1) is 12.4 Å². The summed E-state index contributed by atoms with van der Waals surface area (Å²) in [5.41, 5.74) is 0.671. The van der Waals surface area contributed by atoms with E-state index >= 15 is 0 Å². The van der Waals surface area contributed by atoms with Crippen LogP contribution in [-0.4, -0.2) is 25.7 Å². The predicted molar refractivity (Wildman–Crippen MR) is 66.1 cm³/mol. The lowest BCUT2D eigenvalue weighted by Gasteiger charge is -2.05. The Kier molecular flexibility index (Phi) is 4.82. The van der Waals surface area contributed by atoms with Crippen molar-refractivity contribution in [2.45, 2.75) is 19.3 Å². The molecule has 0 amide bonds. The molecule has 0 atom stereocenters. The second kappa shape index (κ2) is 5.96. The van der Waals surface area contributed by atoms with Gasteiger partial charge < -0.3 is 5.32 Å². The maximum atomic E-state index is 12.1. The Balaban J connectivity index is 0.00000180. The van der Waals surface area contributed by atoms with Crippen LogP contribution in [0.3, 0.4) is 0 Å². The summed E-state index contributed by atoms with van der Waals surface area (Å²) in [4.78, 5) is 0. The molecule has 0 spiro atoms. The number of hydrogen-bond acceptors (Lipinski definition) is 3. The maximum Gasteiger partial charge on any atom is 0.408 e. The molecule has 2 aromatic heterocycles. The van der Waals surface area contributed by atoms with Crippen molar-refractivity contribution >= 4 is 18.2 Å². The molecule has 0 aliphatic rings. The number of anilines is 1. The van der Waals surface area contributed by atoms with Crippen molar-refractivity contribution < 1.29 is 13.2 Å². The average molecular weight is 296 g/mol. The predicted octanol–water partition coefficient (Wildman–Crippen LogP) is 2.21. The van der Waals surface area contributed by atoms with Gasteiger partial charge in [-0.3, -0.25) is 9.36 Å². The molecule has 2 heterocycles. The van der Waals surface area contributed by atoms with E-state index in [1.54, 1.807) is 24.0 Å². The molecule has 2 rings (SSSR count). The van der Waals surface area contributed by atoms with E-state index in [-0.39, 0.29) is 12.4 Å². The van der Waals surface area contributed by atoms with Gasteiger partial charge in [0.1, 0.15) is 12.4 Å². The summed E-state index contributed by atoms with van der Waals surface area (Å²) in [5, 5.41) is 10.7. The first-order valence-corrected chi connectivity index (χ1v) is 5.24. The third kappa shape index (κ3) is 4.82. The lowest BCUT2D eigenvalue weighted by atomic mass is 10.3. The van der Waals surface area contributed by atoms with Crippen LogP contribution in [0.1, 0.15) is 5.56 Å². The number of halogens is 4. The standard InChI is InChI=1S/C10H12F3N5.ClH/c1-17-3-2-9(16-17)14-4-8-5-15-18(6-8)7-10(11,12)13;/h2-3,5-6H,4,7H2,1H3,(H,14,16);1H. The minimum absolute atomic E-state index is 0. The molecule has 0 fully saturated rings. The molecule has 0 aliphatic carbocycles. The van der Waals surface area contributed by atoms with E-state index in [2.05, 4.69) is 15.5 Å². The highest BCUT2D eigenvalue weighted by molar-refractivity contribution is 5.85. The third-order valence-corrected chi connectivity index (χ3v) is 2.22. The number of rotatable bonds is 4. The van der Waals surface area contributed by atoms with Gasteiger partial charge in [-0.1, -0.05) is 0 Å². The summed E-state index contributed by atoms with van der Waals surface area (Å²) in [6, 6.07) is 1.78. The smallest absolute Gasteiger partial charge is 0.364 e. The van der Waals surface area contributed by atoms with Gasteiger partial charge in [0.2, 0.25) is 0 Å².